The molecule has 0 aliphatic carbocycles. The van der Waals surface area contributed by atoms with Gasteiger partial charge in [0.15, 0.2) is 0 Å². The topological polar surface area (TPSA) is 72.2 Å². The first kappa shape index (κ1) is 10.7. The first-order valence-electron chi connectivity index (χ1n) is 2.57. The smallest absolute Gasteiger partial charge is 0.329 e. The maximum absolute atomic E-state index is 11.5. The lowest BCUT2D eigenvalue weighted by molar-refractivity contribution is -0.0447. The van der Waals surface area contributed by atoms with Crippen LogP contribution in [0.3, 0.4) is 0 Å². The largest absolute Gasteiger partial charge is 0.511 e. The van der Waals surface area contributed by atoms with Crippen molar-refractivity contribution in [2.24, 2.45) is 5.73 Å². The van der Waals surface area contributed by atoms with Crippen molar-refractivity contribution in [2.45, 2.75) is 5.51 Å². The zero-order valence-electron chi connectivity index (χ0n) is 5.35. The molecule has 8 heteroatoms. The van der Waals surface area contributed by atoms with Gasteiger partial charge in [0.2, 0.25) is 0 Å². The fraction of sp³-hybridized carbons (Fsp3) is 1.00. The number of nitrogens with one attached hydrogen (secondary N) is 1. The van der Waals surface area contributed by atoms with E-state index in [0.717, 1.165) is 0 Å². The quantitative estimate of drug-likeness (QED) is 0.626. The molecule has 0 saturated carbocycles. The molecule has 0 heterocycles. The second kappa shape index (κ2) is 3.37. The molecule has 0 amide bonds. The van der Waals surface area contributed by atoms with Crippen LogP contribution in [0.4, 0.5) is 13.2 Å². The molecule has 0 bridgehead atoms. The van der Waals surface area contributed by atoms with E-state index in [4.69, 9.17) is 5.73 Å². The molecule has 3 N–H and O–H groups in total. The van der Waals surface area contributed by atoms with Crippen molar-refractivity contribution in [1.82, 2.24) is 4.72 Å². The minimum absolute atomic E-state index is 0.171. The normalized spacial score (nSPS) is 13.5. The van der Waals surface area contributed by atoms with E-state index in [-0.39, 0.29) is 6.54 Å². The van der Waals surface area contributed by atoms with Crippen molar-refractivity contribution in [1.29, 1.82) is 0 Å². The zero-order valence-corrected chi connectivity index (χ0v) is 6.17. The van der Waals surface area contributed by atoms with Gasteiger partial charge in [-0.15, -0.1) is 0 Å². The van der Waals surface area contributed by atoms with E-state index in [1.54, 1.807) is 0 Å². The fourth-order valence-electron chi connectivity index (χ4n) is 0.275. The Morgan fingerprint density at radius 2 is 1.82 bits per heavy atom. The summed E-state index contributed by atoms with van der Waals surface area (Å²) in [6.45, 7) is -0.586. The van der Waals surface area contributed by atoms with Crippen LogP contribution in [0.2, 0.25) is 0 Å². The van der Waals surface area contributed by atoms with Crippen molar-refractivity contribution in [3.63, 3.8) is 0 Å². The van der Waals surface area contributed by atoms with E-state index in [1.165, 1.54) is 4.72 Å². The summed E-state index contributed by atoms with van der Waals surface area (Å²) >= 11 is 0. The van der Waals surface area contributed by atoms with Gasteiger partial charge in [0.05, 0.1) is 0 Å². The van der Waals surface area contributed by atoms with E-state index < -0.39 is 22.1 Å². The zero-order chi connectivity index (χ0) is 9.12. The van der Waals surface area contributed by atoms with Crippen LogP contribution in [0.1, 0.15) is 0 Å². The van der Waals surface area contributed by atoms with Gasteiger partial charge >= 0.3 is 15.5 Å². The summed E-state index contributed by atoms with van der Waals surface area (Å²) in [7, 11) is -5.19. The average molecular weight is 192 g/mol. The molecule has 11 heavy (non-hydrogen) atoms. The molecule has 0 aromatic carbocycles. The maximum Gasteiger partial charge on any atom is 0.511 e. The number of alkyl halides is 3. The highest BCUT2D eigenvalue weighted by molar-refractivity contribution is 7.90. The Balaban J connectivity index is 4.26. The molecular weight excluding hydrogens is 185 g/mol. The number of halogens is 3. The summed E-state index contributed by atoms with van der Waals surface area (Å²) < 4.78 is 55.9. The Morgan fingerprint density at radius 3 is 2.09 bits per heavy atom. The average Bonchev–Trinajstić information content (AvgIpc) is 1.81. The summed E-state index contributed by atoms with van der Waals surface area (Å²) in [6, 6.07) is 0. The number of rotatable bonds is 3. The Kier molecular flexibility index (Phi) is 3.27. The fourth-order valence-corrected chi connectivity index (χ4v) is 0.825. The number of nitrogens with two attached hydrogens (primary N) is 1. The van der Waals surface area contributed by atoms with Gasteiger partial charge in [-0.1, -0.05) is 0 Å². The first-order valence-corrected chi connectivity index (χ1v) is 4.05. The summed E-state index contributed by atoms with van der Waals surface area (Å²) in [5.74, 6) is 0. The minimum atomic E-state index is -5.25. The third-order valence-electron chi connectivity index (χ3n) is 0.741. The monoisotopic (exact) mass is 192 g/mol. The highest BCUT2D eigenvalue weighted by Crippen LogP contribution is 2.20. The van der Waals surface area contributed by atoms with Crippen molar-refractivity contribution in [2.75, 3.05) is 13.1 Å². The highest BCUT2D eigenvalue weighted by Gasteiger charge is 2.45. The van der Waals surface area contributed by atoms with Gasteiger partial charge in [-0.2, -0.15) is 13.2 Å². The number of hydrogen-bond donors (Lipinski definition) is 2. The first-order chi connectivity index (χ1) is 4.81. The lowest BCUT2D eigenvalue weighted by atomic mass is 10.7. The Labute approximate surface area is 61.6 Å². The van der Waals surface area contributed by atoms with E-state index >= 15 is 0 Å². The molecule has 0 rings (SSSR count). The van der Waals surface area contributed by atoms with Gasteiger partial charge in [0.1, 0.15) is 0 Å². The van der Waals surface area contributed by atoms with Gasteiger partial charge < -0.3 is 5.73 Å². The molecule has 4 nitrogen and oxygen atoms in total. The number of hydrogen-bond acceptors (Lipinski definition) is 3. The standard InChI is InChI=1S/C3H7F3N2O2S/c4-3(5,6)11(9,10)8-2-1-7/h8H,1-2,7H2. The van der Waals surface area contributed by atoms with Crippen LogP contribution in [0.25, 0.3) is 0 Å². The maximum atomic E-state index is 11.5. The molecule has 68 valence electrons. The molecule has 0 radical (unpaired) electrons. The molecular formula is C3H7F3N2O2S. The third kappa shape index (κ3) is 3.04. The molecule has 0 spiro atoms. The second-order valence-corrected chi connectivity index (χ2v) is 3.39. The van der Waals surface area contributed by atoms with Crippen molar-refractivity contribution in [3.05, 3.63) is 0 Å². The molecule has 0 aromatic rings. The van der Waals surface area contributed by atoms with E-state index in [0.29, 0.717) is 0 Å². The predicted octanol–water partition coefficient (Wildman–Crippen LogP) is -0.616. The summed E-state index contributed by atoms with van der Waals surface area (Å²) in [5.41, 5.74) is -0.463. The molecule has 0 fully saturated rings. The summed E-state index contributed by atoms with van der Waals surface area (Å²) in [4.78, 5) is 0. The molecule has 0 aliphatic rings. The Bertz CT molecular complexity index is 209. The Hall–Kier alpha value is -0.340. The van der Waals surface area contributed by atoms with Gasteiger partial charge in [0.25, 0.3) is 0 Å². The molecule has 0 saturated heterocycles. The summed E-state index contributed by atoms with van der Waals surface area (Å²) in [5, 5.41) is 0. The van der Waals surface area contributed by atoms with Crippen LogP contribution in [0, 0.1) is 0 Å². The van der Waals surface area contributed by atoms with Crippen LogP contribution in [-0.4, -0.2) is 27.0 Å². The second-order valence-electron chi connectivity index (χ2n) is 1.63. The van der Waals surface area contributed by atoms with Crippen LogP contribution in [0.15, 0.2) is 0 Å². The Morgan fingerprint density at radius 1 is 1.36 bits per heavy atom. The van der Waals surface area contributed by atoms with Crippen LogP contribution in [0.5, 0.6) is 0 Å². The highest BCUT2D eigenvalue weighted by atomic mass is 32.2. The van der Waals surface area contributed by atoms with Crippen LogP contribution < -0.4 is 10.5 Å². The van der Waals surface area contributed by atoms with E-state index in [2.05, 4.69) is 0 Å². The van der Waals surface area contributed by atoms with Crippen molar-refractivity contribution < 1.29 is 21.6 Å². The van der Waals surface area contributed by atoms with Crippen LogP contribution >= 0.6 is 0 Å². The van der Waals surface area contributed by atoms with Crippen LogP contribution in [-0.2, 0) is 10.0 Å². The van der Waals surface area contributed by atoms with E-state index in [1.807, 2.05) is 0 Å². The predicted molar refractivity (Wildman–Crippen MR) is 32.0 cm³/mol. The molecule has 0 aliphatic heterocycles. The lowest BCUT2D eigenvalue weighted by Crippen LogP contribution is -2.38. The summed E-state index contributed by atoms with van der Waals surface area (Å²) in [6.07, 6.45) is 0. The molecule has 0 aromatic heterocycles. The molecule has 0 unspecified atom stereocenters. The number of sulfonamides is 1. The van der Waals surface area contributed by atoms with Gasteiger partial charge in [-0.25, -0.2) is 13.1 Å². The lowest BCUT2D eigenvalue weighted by Gasteiger charge is -2.07. The van der Waals surface area contributed by atoms with Crippen molar-refractivity contribution >= 4 is 10.0 Å². The van der Waals surface area contributed by atoms with E-state index in [9.17, 15) is 21.6 Å². The third-order valence-corrected chi connectivity index (χ3v) is 1.93. The minimum Gasteiger partial charge on any atom is -0.329 e. The van der Waals surface area contributed by atoms with Gasteiger partial charge in [0, 0.05) is 13.1 Å². The van der Waals surface area contributed by atoms with Gasteiger partial charge in [-0.05, 0) is 0 Å². The SMILES string of the molecule is NCCNS(=O)(=O)C(F)(F)F. The molecule has 0 atom stereocenters. The van der Waals surface area contributed by atoms with Gasteiger partial charge in [-0.3, -0.25) is 0 Å². The van der Waals surface area contributed by atoms with Crippen molar-refractivity contribution in [3.8, 4) is 0 Å².